The Morgan fingerprint density at radius 1 is 1.15 bits per heavy atom. The fourth-order valence-corrected chi connectivity index (χ4v) is 4.51. The molecule has 1 saturated heterocycles. The van der Waals surface area contributed by atoms with Crippen LogP contribution < -0.4 is 5.73 Å². The molecule has 5 nitrogen and oxygen atoms in total. The first-order valence-electron chi connectivity index (χ1n) is 6.58. The van der Waals surface area contributed by atoms with Crippen molar-refractivity contribution >= 4 is 15.7 Å². The van der Waals surface area contributed by atoms with Crippen LogP contribution in [0, 0.1) is 0 Å². The summed E-state index contributed by atoms with van der Waals surface area (Å²) in [6.45, 7) is 8.25. The van der Waals surface area contributed by atoms with Crippen molar-refractivity contribution in [2.45, 2.75) is 43.8 Å². The zero-order valence-electron chi connectivity index (χ0n) is 12.4. The van der Waals surface area contributed by atoms with Crippen molar-refractivity contribution in [3.63, 3.8) is 0 Å². The molecular formula is C14H22N2O3S. The van der Waals surface area contributed by atoms with Crippen LogP contribution >= 0.6 is 0 Å². The summed E-state index contributed by atoms with van der Waals surface area (Å²) >= 11 is 0. The number of hydrogen-bond acceptors (Lipinski definition) is 4. The Bertz CT molecular complexity index is 593. The first kappa shape index (κ1) is 15.3. The summed E-state index contributed by atoms with van der Waals surface area (Å²) in [6, 6.07) is 6.39. The van der Waals surface area contributed by atoms with Crippen molar-refractivity contribution in [1.82, 2.24) is 4.31 Å². The van der Waals surface area contributed by atoms with E-state index in [0.29, 0.717) is 18.8 Å². The summed E-state index contributed by atoms with van der Waals surface area (Å²) in [5.41, 5.74) is 5.09. The molecule has 0 atom stereocenters. The smallest absolute Gasteiger partial charge is 0.243 e. The lowest BCUT2D eigenvalue weighted by Crippen LogP contribution is -2.58. The van der Waals surface area contributed by atoms with Gasteiger partial charge in [-0.1, -0.05) is 6.07 Å². The largest absolute Gasteiger partial charge is 0.399 e. The Kier molecular flexibility index (Phi) is 3.60. The second-order valence-corrected chi connectivity index (χ2v) is 8.40. The fraction of sp³-hybridized carbons (Fsp3) is 0.571. The number of morpholine rings is 1. The van der Waals surface area contributed by atoms with Gasteiger partial charge in [0.15, 0.2) is 0 Å². The van der Waals surface area contributed by atoms with E-state index < -0.39 is 21.2 Å². The Balaban J connectivity index is 2.39. The van der Waals surface area contributed by atoms with E-state index >= 15 is 0 Å². The topological polar surface area (TPSA) is 72.6 Å². The molecule has 2 N–H and O–H groups in total. The van der Waals surface area contributed by atoms with Crippen molar-refractivity contribution in [2.75, 3.05) is 18.8 Å². The van der Waals surface area contributed by atoms with Crippen molar-refractivity contribution in [3.05, 3.63) is 24.3 Å². The number of nitrogens with two attached hydrogens (primary N) is 1. The number of hydrogen-bond donors (Lipinski definition) is 1. The number of sulfonamides is 1. The van der Waals surface area contributed by atoms with Crippen LogP contribution in [-0.4, -0.2) is 37.0 Å². The summed E-state index contributed by atoms with van der Waals surface area (Å²) in [7, 11) is -3.55. The lowest BCUT2D eigenvalue weighted by molar-refractivity contribution is -0.163. The third-order valence-electron chi connectivity index (χ3n) is 3.16. The van der Waals surface area contributed by atoms with Gasteiger partial charge in [0.1, 0.15) is 0 Å². The van der Waals surface area contributed by atoms with Gasteiger partial charge in [0.2, 0.25) is 10.0 Å². The number of anilines is 1. The third-order valence-corrected chi connectivity index (χ3v) is 4.95. The number of nitrogens with zero attached hydrogens (tertiary/aromatic N) is 1. The predicted molar refractivity (Wildman–Crippen MR) is 78.9 cm³/mol. The maximum Gasteiger partial charge on any atom is 0.243 e. The molecular weight excluding hydrogens is 276 g/mol. The standard InChI is InChI=1S/C14H22N2O3S/c1-13(2)9-16(10-14(3,4)19-13)20(17,18)12-7-5-6-11(15)8-12/h5-8H,9-10,15H2,1-4H3. The van der Waals surface area contributed by atoms with Crippen LogP contribution in [0.5, 0.6) is 0 Å². The predicted octanol–water partition coefficient (Wildman–Crippen LogP) is 1.85. The minimum Gasteiger partial charge on any atom is -0.399 e. The molecule has 1 aliphatic heterocycles. The van der Waals surface area contributed by atoms with Gasteiger partial charge in [-0.25, -0.2) is 8.42 Å². The van der Waals surface area contributed by atoms with Gasteiger partial charge in [0.25, 0.3) is 0 Å². The Morgan fingerprint density at radius 2 is 1.70 bits per heavy atom. The molecule has 1 aromatic carbocycles. The summed E-state index contributed by atoms with van der Waals surface area (Å²) < 4.78 is 32.9. The van der Waals surface area contributed by atoms with E-state index in [9.17, 15) is 8.42 Å². The maximum absolute atomic E-state index is 12.7. The van der Waals surface area contributed by atoms with Gasteiger partial charge >= 0.3 is 0 Å². The lowest BCUT2D eigenvalue weighted by Gasteiger charge is -2.46. The molecule has 0 bridgehead atoms. The van der Waals surface area contributed by atoms with Crippen molar-refractivity contribution < 1.29 is 13.2 Å². The van der Waals surface area contributed by atoms with Crippen LogP contribution in [0.1, 0.15) is 27.7 Å². The van der Waals surface area contributed by atoms with E-state index in [1.54, 1.807) is 18.2 Å². The van der Waals surface area contributed by atoms with Crippen LogP contribution in [0.4, 0.5) is 5.69 Å². The van der Waals surface area contributed by atoms with E-state index in [1.807, 2.05) is 27.7 Å². The average molecular weight is 298 g/mol. The minimum absolute atomic E-state index is 0.228. The molecule has 1 heterocycles. The average Bonchev–Trinajstić information content (AvgIpc) is 2.24. The molecule has 0 saturated carbocycles. The zero-order valence-corrected chi connectivity index (χ0v) is 13.2. The van der Waals surface area contributed by atoms with E-state index in [0.717, 1.165) is 0 Å². The highest BCUT2D eigenvalue weighted by Crippen LogP contribution is 2.31. The zero-order chi connectivity index (χ0) is 15.2. The highest BCUT2D eigenvalue weighted by Gasteiger charge is 2.43. The Hall–Kier alpha value is -1.11. The van der Waals surface area contributed by atoms with Crippen LogP contribution in [0.2, 0.25) is 0 Å². The summed E-state index contributed by atoms with van der Waals surface area (Å²) in [5, 5.41) is 0. The van der Waals surface area contributed by atoms with Crippen LogP contribution in [0.15, 0.2) is 29.2 Å². The lowest BCUT2D eigenvalue weighted by atomic mass is 10.0. The van der Waals surface area contributed by atoms with E-state index in [2.05, 4.69) is 0 Å². The van der Waals surface area contributed by atoms with Gasteiger partial charge in [-0.15, -0.1) is 0 Å². The quantitative estimate of drug-likeness (QED) is 0.846. The molecule has 20 heavy (non-hydrogen) atoms. The van der Waals surface area contributed by atoms with Crippen LogP contribution in [-0.2, 0) is 14.8 Å². The molecule has 1 aliphatic rings. The van der Waals surface area contributed by atoms with Gasteiger partial charge in [-0.05, 0) is 45.9 Å². The number of nitrogen functional groups attached to an aromatic ring is 1. The fourth-order valence-electron chi connectivity index (χ4n) is 2.71. The van der Waals surface area contributed by atoms with Crippen molar-refractivity contribution in [2.24, 2.45) is 0 Å². The molecule has 0 unspecified atom stereocenters. The van der Waals surface area contributed by atoms with E-state index in [4.69, 9.17) is 10.5 Å². The number of rotatable bonds is 2. The number of benzene rings is 1. The SMILES string of the molecule is CC1(C)CN(S(=O)(=O)c2cccc(N)c2)CC(C)(C)O1. The molecule has 0 amide bonds. The molecule has 0 spiro atoms. The molecule has 0 aromatic heterocycles. The normalized spacial score (nSPS) is 22.6. The molecule has 0 radical (unpaired) electrons. The van der Waals surface area contributed by atoms with Crippen molar-refractivity contribution in [3.8, 4) is 0 Å². The van der Waals surface area contributed by atoms with Crippen LogP contribution in [0.25, 0.3) is 0 Å². The first-order valence-corrected chi connectivity index (χ1v) is 8.02. The third kappa shape index (κ3) is 3.13. The molecule has 112 valence electrons. The monoisotopic (exact) mass is 298 g/mol. The van der Waals surface area contributed by atoms with Crippen molar-refractivity contribution in [1.29, 1.82) is 0 Å². The van der Waals surface area contributed by atoms with Crippen LogP contribution in [0.3, 0.4) is 0 Å². The van der Waals surface area contributed by atoms with Gasteiger partial charge in [0.05, 0.1) is 16.1 Å². The Morgan fingerprint density at radius 3 is 2.20 bits per heavy atom. The number of ether oxygens (including phenoxy) is 1. The van der Waals surface area contributed by atoms with E-state index in [-0.39, 0.29) is 4.90 Å². The minimum atomic E-state index is -3.55. The maximum atomic E-state index is 12.7. The molecule has 1 fully saturated rings. The molecule has 2 rings (SSSR count). The Labute approximate surface area is 120 Å². The van der Waals surface area contributed by atoms with Gasteiger partial charge in [-0.3, -0.25) is 0 Å². The molecule has 6 heteroatoms. The highest BCUT2D eigenvalue weighted by molar-refractivity contribution is 7.89. The first-order chi connectivity index (χ1) is 9.02. The second kappa shape index (κ2) is 4.72. The summed E-state index contributed by atoms with van der Waals surface area (Å²) in [4.78, 5) is 0.228. The van der Waals surface area contributed by atoms with Gasteiger partial charge in [0, 0.05) is 18.8 Å². The van der Waals surface area contributed by atoms with Gasteiger partial charge in [-0.2, -0.15) is 4.31 Å². The highest BCUT2D eigenvalue weighted by atomic mass is 32.2. The summed E-state index contributed by atoms with van der Waals surface area (Å²) in [6.07, 6.45) is 0. The van der Waals surface area contributed by atoms with Gasteiger partial charge < -0.3 is 10.5 Å². The van der Waals surface area contributed by atoms with E-state index in [1.165, 1.54) is 10.4 Å². The molecule has 1 aromatic rings. The molecule has 0 aliphatic carbocycles. The summed E-state index contributed by atoms with van der Waals surface area (Å²) in [5.74, 6) is 0. The second-order valence-electron chi connectivity index (χ2n) is 6.47.